The van der Waals surface area contributed by atoms with Gasteiger partial charge in [-0.2, -0.15) is 5.26 Å². The zero-order chi connectivity index (χ0) is 14.5. The van der Waals surface area contributed by atoms with E-state index in [0.29, 0.717) is 11.1 Å². The van der Waals surface area contributed by atoms with Crippen LogP contribution in [0.1, 0.15) is 11.1 Å². The van der Waals surface area contributed by atoms with E-state index in [2.05, 4.69) is 5.32 Å². The van der Waals surface area contributed by atoms with E-state index in [1.54, 1.807) is 24.3 Å². The van der Waals surface area contributed by atoms with Crippen LogP contribution in [0.2, 0.25) is 0 Å². The summed E-state index contributed by atoms with van der Waals surface area (Å²) in [5.41, 5.74) is 1.67. The number of rotatable bonds is 4. The lowest BCUT2D eigenvalue weighted by atomic mass is 10.1. The van der Waals surface area contributed by atoms with Crippen LogP contribution in [0, 0.1) is 21.4 Å². The molecule has 6 heteroatoms. The maximum absolute atomic E-state index is 10.7. The monoisotopic (exact) mass is 269 g/mol. The molecule has 100 valence electrons. The number of hydrogen-bond acceptors (Lipinski definition) is 5. The summed E-state index contributed by atoms with van der Waals surface area (Å²) in [5.74, 6) is -0.00301. The Labute approximate surface area is 115 Å². The Morgan fingerprint density at radius 1 is 1.25 bits per heavy atom. The quantitative estimate of drug-likeness (QED) is 0.656. The maximum atomic E-state index is 10.7. The van der Waals surface area contributed by atoms with E-state index in [-0.39, 0.29) is 18.0 Å². The molecule has 2 aromatic rings. The third kappa shape index (κ3) is 3.03. The van der Waals surface area contributed by atoms with E-state index >= 15 is 0 Å². The lowest BCUT2D eigenvalue weighted by Gasteiger charge is -2.08. The van der Waals surface area contributed by atoms with Crippen LogP contribution in [-0.4, -0.2) is 10.0 Å². The zero-order valence-corrected chi connectivity index (χ0v) is 10.4. The normalized spacial score (nSPS) is 9.75. The van der Waals surface area contributed by atoms with Gasteiger partial charge in [-0.1, -0.05) is 0 Å². The van der Waals surface area contributed by atoms with Gasteiger partial charge in [-0.05, 0) is 30.3 Å². The Morgan fingerprint density at radius 3 is 2.55 bits per heavy atom. The molecule has 6 nitrogen and oxygen atoms in total. The molecular formula is C14H11N3O3. The fraction of sp³-hybridized carbons (Fsp3) is 0.0714. The van der Waals surface area contributed by atoms with Crippen molar-refractivity contribution in [2.24, 2.45) is 0 Å². The number of nitriles is 1. The number of hydrogen-bond donors (Lipinski definition) is 2. The lowest BCUT2D eigenvalue weighted by Crippen LogP contribution is -2.00. The van der Waals surface area contributed by atoms with Gasteiger partial charge in [0.25, 0.3) is 5.69 Å². The van der Waals surface area contributed by atoms with E-state index in [1.807, 2.05) is 6.07 Å². The maximum Gasteiger partial charge on any atom is 0.270 e. The molecule has 0 atom stereocenters. The number of aromatic hydroxyl groups is 1. The summed E-state index contributed by atoms with van der Waals surface area (Å²) in [7, 11) is 0. The van der Waals surface area contributed by atoms with Crippen molar-refractivity contribution in [2.45, 2.75) is 6.54 Å². The van der Waals surface area contributed by atoms with Gasteiger partial charge < -0.3 is 10.4 Å². The smallest absolute Gasteiger partial charge is 0.270 e. The predicted molar refractivity (Wildman–Crippen MR) is 73.2 cm³/mol. The third-order valence-electron chi connectivity index (χ3n) is 2.77. The molecule has 20 heavy (non-hydrogen) atoms. The molecule has 0 bridgehead atoms. The summed E-state index contributed by atoms with van der Waals surface area (Å²) in [6, 6.07) is 12.7. The van der Waals surface area contributed by atoms with Gasteiger partial charge in [0.05, 0.1) is 16.6 Å². The van der Waals surface area contributed by atoms with Crippen molar-refractivity contribution in [3.05, 3.63) is 63.7 Å². The second-order valence-electron chi connectivity index (χ2n) is 4.11. The minimum Gasteiger partial charge on any atom is -0.508 e. The van der Waals surface area contributed by atoms with Crippen molar-refractivity contribution >= 4 is 11.4 Å². The first-order chi connectivity index (χ1) is 9.60. The summed E-state index contributed by atoms with van der Waals surface area (Å²) in [4.78, 5) is 10.2. The summed E-state index contributed by atoms with van der Waals surface area (Å²) < 4.78 is 0. The lowest BCUT2D eigenvalue weighted by molar-refractivity contribution is -0.384. The molecule has 0 heterocycles. The average Bonchev–Trinajstić information content (AvgIpc) is 2.46. The van der Waals surface area contributed by atoms with Crippen molar-refractivity contribution in [2.75, 3.05) is 5.32 Å². The summed E-state index contributed by atoms with van der Waals surface area (Å²) in [5, 5.41) is 32.1. The highest BCUT2D eigenvalue weighted by Gasteiger charge is 2.09. The van der Waals surface area contributed by atoms with E-state index in [4.69, 9.17) is 5.26 Å². The molecular weight excluding hydrogens is 258 g/mol. The topological polar surface area (TPSA) is 99.2 Å². The molecule has 0 aromatic heterocycles. The molecule has 0 aliphatic carbocycles. The van der Waals surface area contributed by atoms with Crippen molar-refractivity contribution < 1.29 is 10.0 Å². The summed E-state index contributed by atoms with van der Waals surface area (Å²) in [6.45, 7) is 0.249. The summed E-state index contributed by atoms with van der Waals surface area (Å²) in [6.07, 6.45) is 0. The van der Waals surface area contributed by atoms with Gasteiger partial charge >= 0.3 is 0 Å². The van der Waals surface area contributed by atoms with Gasteiger partial charge in [0, 0.05) is 29.9 Å². The minimum atomic E-state index is -0.509. The van der Waals surface area contributed by atoms with Gasteiger partial charge in [0.1, 0.15) is 5.75 Å². The molecule has 0 aliphatic rings. The number of nitrogens with zero attached hydrogens (tertiary/aromatic N) is 2. The number of nitro groups is 1. The number of phenolic OH excluding ortho intramolecular Hbond substituents is 1. The van der Waals surface area contributed by atoms with Gasteiger partial charge in [-0.25, -0.2) is 0 Å². The van der Waals surface area contributed by atoms with Crippen molar-refractivity contribution in [1.29, 1.82) is 5.26 Å². The minimum absolute atomic E-state index is 0.00301. The van der Waals surface area contributed by atoms with E-state index < -0.39 is 4.92 Å². The largest absolute Gasteiger partial charge is 0.508 e. The highest BCUT2D eigenvalue weighted by atomic mass is 16.6. The number of nitro benzene ring substituents is 1. The van der Waals surface area contributed by atoms with E-state index in [1.165, 1.54) is 18.2 Å². The SMILES string of the molecule is N#Cc1ccc(NCc2cc([N+](=O)[O-])ccc2O)cc1. The van der Waals surface area contributed by atoms with Gasteiger partial charge in [-0.15, -0.1) is 0 Å². The predicted octanol–water partition coefficient (Wildman–Crippen LogP) is 2.78. The van der Waals surface area contributed by atoms with Gasteiger partial charge in [0.2, 0.25) is 0 Å². The number of benzene rings is 2. The van der Waals surface area contributed by atoms with Crippen molar-refractivity contribution in [1.82, 2.24) is 0 Å². The van der Waals surface area contributed by atoms with Crippen LogP contribution in [0.15, 0.2) is 42.5 Å². The first-order valence-corrected chi connectivity index (χ1v) is 5.80. The first kappa shape index (κ1) is 13.4. The number of anilines is 1. The molecule has 0 saturated carbocycles. The Hall–Kier alpha value is -3.07. The Kier molecular flexibility index (Phi) is 3.82. The highest BCUT2D eigenvalue weighted by Crippen LogP contribution is 2.23. The van der Waals surface area contributed by atoms with Crippen LogP contribution >= 0.6 is 0 Å². The van der Waals surface area contributed by atoms with Crippen LogP contribution in [-0.2, 0) is 6.54 Å². The molecule has 0 amide bonds. The molecule has 2 aromatic carbocycles. The molecule has 0 aliphatic heterocycles. The second kappa shape index (κ2) is 5.71. The molecule has 0 fully saturated rings. The highest BCUT2D eigenvalue weighted by molar-refractivity contribution is 5.50. The Morgan fingerprint density at radius 2 is 1.95 bits per heavy atom. The number of nitrogens with one attached hydrogen (secondary N) is 1. The molecule has 0 saturated heterocycles. The zero-order valence-electron chi connectivity index (χ0n) is 10.4. The van der Waals surface area contributed by atoms with Crippen LogP contribution in [0.4, 0.5) is 11.4 Å². The third-order valence-corrected chi connectivity index (χ3v) is 2.77. The van der Waals surface area contributed by atoms with E-state index in [9.17, 15) is 15.2 Å². The average molecular weight is 269 g/mol. The van der Waals surface area contributed by atoms with Gasteiger partial charge in [-0.3, -0.25) is 10.1 Å². The molecule has 0 unspecified atom stereocenters. The van der Waals surface area contributed by atoms with Crippen molar-refractivity contribution in [3.63, 3.8) is 0 Å². The summed E-state index contributed by atoms with van der Waals surface area (Å²) >= 11 is 0. The fourth-order valence-electron chi connectivity index (χ4n) is 1.69. The van der Waals surface area contributed by atoms with Crippen molar-refractivity contribution in [3.8, 4) is 11.8 Å². The Bertz CT molecular complexity index is 675. The molecule has 0 spiro atoms. The Balaban J connectivity index is 2.12. The number of phenols is 1. The fourth-order valence-corrected chi connectivity index (χ4v) is 1.69. The number of non-ortho nitro benzene ring substituents is 1. The molecule has 2 N–H and O–H groups in total. The molecule has 2 rings (SSSR count). The van der Waals surface area contributed by atoms with Crippen LogP contribution in [0.25, 0.3) is 0 Å². The van der Waals surface area contributed by atoms with Crippen LogP contribution < -0.4 is 5.32 Å². The van der Waals surface area contributed by atoms with Gasteiger partial charge in [0.15, 0.2) is 0 Å². The second-order valence-corrected chi connectivity index (χ2v) is 4.11. The molecule has 0 radical (unpaired) electrons. The van der Waals surface area contributed by atoms with Crippen LogP contribution in [0.5, 0.6) is 5.75 Å². The van der Waals surface area contributed by atoms with E-state index in [0.717, 1.165) is 5.69 Å². The van der Waals surface area contributed by atoms with Crippen LogP contribution in [0.3, 0.4) is 0 Å². The first-order valence-electron chi connectivity index (χ1n) is 5.80. The standard InChI is InChI=1S/C14H11N3O3/c15-8-10-1-3-12(4-2-10)16-9-11-7-13(17(19)20)5-6-14(11)18/h1-7,16,18H,9H2.